The molecule has 5 nitrogen and oxygen atoms in total. The number of nitrogens with two attached hydrogens (primary N) is 1. The van der Waals surface area contributed by atoms with Crippen LogP contribution in [0.1, 0.15) is 17.0 Å². The molecule has 5 heteroatoms. The first-order chi connectivity index (χ1) is 8.66. The summed E-state index contributed by atoms with van der Waals surface area (Å²) in [5.41, 5.74) is 8.58. The molecule has 1 heterocycles. The fourth-order valence-corrected chi connectivity index (χ4v) is 2.30. The van der Waals surface area contributed by atoms with Crippen molar-refractivity contribution in [2.45, 2.75) is 12.3 Å². The Morgan fingerprint density at radius 3 is 2.94 bits per heavy atom. The zero-order valence-electron chi connectivity index (χ0n) is 10.1. The number of carbonyl (C=O) groups excluding carboxylic acids is 1. The van der Waals surface area contributed by atoms with Crippen molar-refractivity contribution in [1.82, 2.24) is 9.78 Å². The highest BCUT2D eigenvalue weighted by molar-refractivity contribution is 5.98. The van der Waals surface area contributed by atoms with Crippen LogP contribution in [0.25, 0.3) is 0 Å². The molecule has 3 rings (SSSR count). The van der Waals surface area contributed by atoms with Crippen molar-refractivity contribution in [1.29, 1.82) is 0 Å². The largest absolute Gasteiger partial charge is 0.394 e. The molecule has 1 unspecified atom stereocenters. The molecule has 1 aliphatic rings. The van der Waals surface area contributed by atoms with Gasteiger partial charge in [-0.2, -0.15) is 5.10 Å². The molecule has 1 aromatic heterocycles. The zero-order chi connectivity index (χ0) is 12.7. The summed E-state index contributed by atoms with van der Waals surface area (Å²) in [6, 6.07) is 8.00. The summed E-state index contributed by atoms with van der Waals surface area (Å²) in [7, 11) is 1.75. The lowest BCUT2D eigenvalue weighted by molar-refractivity contribution is -0.118. The normalized spacial score (nSPS) is 16.8. The molecule has 0 fully saturated rings. The first-order valence-corrected chi connectivity index (χ1v) is 5.83. The SMILES string of the molecule is Cn1ncc(N)c1NC(=O)C1Cc2ccccc21. The van der Waals surface area contributed by atoms with Crippen molar-refractivity contribution < 1.29 is 4.79 Å². The minimum Gasteiger partial charge on any atom is -0.394 e. The highest BCUT2D eigenvalue weighted by Gasteiger charge is 2.32. The Bertz CT molecular complexity index is 598. The lowest BCUT2D eigenvalue weighted by atomic mass is 9.77. The summed E-state index contributed by atoms with van der Waals surface area (Å²) < 4.78 is 1.57. The van der Waals surface area contributed by atoms with Gasteiger partial charge in [0, 0.05) is 7.05 Å². The van der Waals surface area contributed by atoms with Gasteiger partial charge in [0.1, 0.15) is 0 Å². The molecule has 92 valence electrons. The van der Waals surface area contributed by atoms with E-state index in [-0.39, 0.29) is 11.8 Å². The standard InChI is InChI=1S/C13H14N4O/c1-17-12(11(14)7-15-17)16-13(18)10-6-8-4-2-3-5-9(8)10/h2-5,7,10H,6,14H2,1H3,(H,16,18). The van der Waals surface area contributed by atoms with Crippen LogP contribution in [-0.2, 0) is 18.3 Å². The highest BCUT2D eigenvalue weighted by atomic mass is 16.2. The molecule has 1 atom stereocenters. The number of benzene rings is 1. The molecule has 18 heavy (non-hydrogen) atoms. The lowest BCUT2D eigenvalue weighted by Gasteiger charge is -2.28. The van der Waals surface area contributed by atoms with Crippen LogP contribution in [0.2, 0.25) is 0 Å². The third kappa shape index (κ3) is 1.55. The zero-order valence-corrected chi connectivity index (χ0v) is 10.1. The summed E-state index contributed by atoms with van der Waals surface area (Å²) in [6.07, 6.45) is 2.32. The maximum atomic E-state index is 12.2. The van der Waals surface area contributed by atoms with E-state index >= 15 is 0 Å². The second-order valence-electron chi connectivity index (χ2n) is 4.52. The van der Waals surface area contributed by atoms with E-state index in [0.717, 1.165) is 12.0 Å². The quantitative estimate of drug-likeness (QED) is 0.833. The van der Waals surface area contributed by atoms with Crippen LogP contribution in [0.4, 0.5) is 11.5 Å². The van der Waals surface area contributed by atoms with Crippen LogP contribution in [0.15, 0.2) is 30.5 Å². The predicted octanol–water partition coefficient (Wildman–Crippen LogP) is 1.28. The fraction of sp³-hybridized carbons (Fsp3) is 0.231. The number of aromatic nitrogens is 2. The van der Waals surface area contributed by atoms with Gasteiger partial charge >= 0.3 is 0 Å². The molecule has 0 radical (unpaired) electrons. The molecule has 1 aromatic carbocycles. The molecule has 1 amide bonds. The number of carbonyl (C=O) groups is 1. The van der Waals surface area contributed by atoms with Crippen LogP contribution in [0.3, 0.4) is 0 Å². The minimum atomic E-state index is -0.0736. The second-order valence-corrected chi connectivity index (χ2v) is 4.52. The Morgan fingerprint density at radius 2 is 2.28 bits per heavy atom. The van der Waals surface area contributed by atoms with Gasteiger partial charge in [-0.25, -0.2) is 0 Å². The number of amides is 1. The van der Waals surface area contributed by atoms with Crippen molar-refractivity contribution in [2.24, 2.45) is 7.05 Å². The maximum Gasteiger partial charge on any atom is 0.233 e. The Morgan fingerprint density at radius 1 is 1.50 bits per heavy atom. The first-order valence-electron chi connectivity index (χ1n) is 5.83. The van der Waals surface area contributed by atoms with Crippen molar-refractivity contribution in [3.8, 4) is 0 Å². The predicted molar refractivity (Wildman–Crippen MR) is 69.1 cm³/mol. The van der Waals surface area contributed by atoms with Crippen molar-refractivity contribution in [3.63, 3.8) is 0 Å². The van der Waals surface area contributed by atoms with E-state index < -0.39 is 0 Å². The van der Waals surface area contributed by atoms with Gasteiger partial charge in [-0.15, -0.1) is 0 Å². The average molecular weight is 242 g/mol. The Kier molecular flexibility index (Phi) is 2.33. The number of hydrogen-bond donors (Lipinski definition) is 2. The van der Waals surface area contributed by atoms with Crippen LogP contribution in [0.5, 0.6) is 0 Å². The summed E-state index contributed by atoms with van der Waals surface area (Å²) in [5.74, 6) is 0.462. The van der Waals surface area contributed by atoms with Gasteiger partial charge in [-0.3, -0.25) is 9.48 Å². The van der Waals surface area contributed by atoms with Gasteiger partial charge in [-0.1, -0.05) is 24.3 Å². The van der Waals surface area contributed by atoms with E-state index in [0.29, 0.717) is 11.5 Å². The van der Waals surface area contributed by atoms with E-state index in [2.05, 4.69) is 16.5 Å². The van der Waals surface area contributed by atoms with Gasteiger partial charge in [-0.05, 0) is 17.5 Å². The van der Waals surface area contributed by atoms with Crippen LogP contribution < -0.4 is 11.1 Å². The van der Waals surface area contributed by atoms with Gasteiger partial charge in [0.25, 0.3) is 0 Å². The molecule has 0 aliphatic heterocycles. The molecule has 0 bridgehead atoms. The molecule has 0 spiro atoms. The summed E-state index contributed by atoms with van der Waals surface area (Å²) in [4.78, 5) is 12.2. The number of fused-ring (bicyclic) bond motifs is 1. The van der Waals surface area contributed by atoms with Gasteiger partial charge < -0.3 is 11.1 Å². The Labute approximate surface area is 105 Å². The number of rotatable bonds is 2. The smallest absolute Gasteiger partial charge is 0.233 e. The van der Waals surface area contributed by atoms with E-state index in [9.17, 15) is 4.79 Å². The fourth-order valence-electron chi connectivity index (χ4n) is 2.30. The highest BCUT2D eigenvalue weighted by Crippen LogP contribution is 2.35. The van der Waals surface area contributed by atoms with E-state index in [1.54, 1.807) is 11.7 Å². The van der Waals surface area contributed by atoms with Crippen molar-refractivity contribution in [3.05, 3.63) is 41.6 Å². The van der Waals surface area contributed by atoms with Crippen molar-refractivity contribution >= 4 is 17.4 Å². The maximum absolute atomic E-state index is 12.2. The number of nitrogens with one attached hydrogen (secondary N) is 1. The van der Waals surface area contributed by atoms with Gasteiger partial charge in [0.15, 0.2) is 5.82 Å². The third-order valence-electron chi connectivity index (χ3n) is 3.38. The summed E-state index contributed by atoms with van der Waals surface area (Å²) in [6.45, 7) is 0. The first kappa shape index (κ1) is 10.8. The molecule has 0 saturated heterocycles. The molecular formula is C13H14N4O. The van der Waals surface area contributed by atoms with E-state index in [1.807, 2.05) is 18.2 Å². The van der Waals surface area contributed by atoms with Crippen LogP contribution >= 0.6 is 0 Å². The monoisotopic (exact) mass is 242 g/mol. The van der Waals surface area contributed by atoms with Gasteiger partial charge in [0.05, 0.1) is 17.8 Å². The molecule has 1 aliphatic carbocycles. The van der Waals surface area contributed by atoms with Crippen LogP contribution in [0, 0.1) is 0 Å². The average Bonchev–Trinajstić information content (AvgIpc) is 2.62. The Balaban J connectivity index is 1.79. The van der Waals surface area contributed by atoms with Crippen LogP contribution in [-0.4, -0.2) is 15.7 Å². The second kappa shape index (κ2) is 3.87. The van der Waals surface area contributed by atoms with Gasteiger partial charge in [0.2, 0.25) is 5.91 Å². The van der Waals surface area contributed by atoms with Crippen molar-refractivity contribution in [2.75, 3.05) is 11.1 Å². The summed E-state index contributed by atoms with van der Waals surface area (Å²) in [5, 5.41) is 6.83. The number of nitrogen functional groups attached to an aromatic ring is 1. The minimum absolute atomic E-state index is 0.0241. The molecule has 3 N–H and O–H groups in total. The molecular weight excluding hydrogens is 228 g/mol. The number of nitrogens with zero attached hydrogens (tertiary/aromatic N) is 2. The topological polar surface area (TPSA) is 72.9 Å². The van der Waals surface area contributed by atoms with E-state index in [4.69, 9.17) is 5.73 Å². The number of anilines is 2. The molecule has 2 aromatic rings. The number of hydrogen-bond acceptors (Lipinski definition) is 3. The summed E-state index contributed by atoms with van der Waals surface area (Å²) >= 11 is 0. The lowest BCUT2D eigenvalue weighted by Crippen LogP contribution is -2.30. The Hall–Kier alpha value is -2.30. The molecule has 0 saturated carbocycles. The third-order valence-corrected chi connectivity index (χ3v) is 3.38. The van der Waals surface area contributed by atoms with E-state index in [1.165, 1.54) is 11.8 Å². The number of aryl methyl sites for hydroxylation is 1.